The first-order valence-corrected chi connectivity index (χ1v) is 9.46. The molecule has 27 heavy (non-hydrogen) atoms. The number of ether oxygens (including phenoxy) is 1. The summed E-state index contributed by atoms with van der Waals surface area (Å²) < 4.78 is 37.1. The molecule has 1 aliphatic heterocycles. The topological polar surface area (TPSA) is 30.3 Å². The van der Waals surface area contributed by atoms with Crippen molar-refractivity contribution >= 4 is 12.1 Å². The maximum absolute atomic E-state index is 13.4. The molecule has 0 amide bonds. The average molecular weight is 387 g/mol. The molecule has 3 aromatic rings. The van der Waals surface area contributed by atoms with Gasteiger partial charge in [-0.3, -0.25) is 3.97 Å². The Balaban J connectivity index is 1.61. The Morgan fingerprint density at radius 3 is 2.19 bits per heavy atom. The lowest BCUT2D eigenvalue weighted by atomic mass is 9.86. The van der Waals surface area contributed by atoms with Gasteiger partial charge in [0.15, 0.2) is 0 Å². The third-order valence-electron chi connectivity index (χ3n) is 4.58. The van der Waals surface area contributed by atoms with Crippen LogP contribution in [0.5, 0.6) is 0 Å². The van der Waals surface area contributed by atoms with E-state index in [0.29, 0.717) is 13.2 Å². The largest absolute Gasteiger partial charge is 0.374 e. The molecule has 0 saturated carbocycles. The molecule has 4 rings (SSSR count). The molecule has 1 fully saturated rings. The van der Waals surface area contributed by atoms with Crippen molar-refractivity contribution in [2.24, 2.45) is 0 Å². The number of hydrogen-bond donors (Lipinski definition) is 0. The van der Waals surface area contributed by atoms with Gasteiger partial charge in [-0.25, -0.2) is 18.1 Å². The second-order valence-electron chi connectivity index (χ2n) is 6.38. The first kappa shape index (κ1) is 18.2. The van der Waals surface area contributed by atoms with Crippen molar-refractivity contribution in [3.8, 4) is 0 Å². The Morgan fingerprint density at radius 2 is 1.63 bits per heavy atom. The van der Waals surface area contributed by atoms with Crippen molar-refractivity contribution in [3.63, 3.8) is 0 Å². The number of imidazole rings is 1. The summed E-state index contributed by atoms with van der Waals surface area (Å²) in [6.45, 7) is 2.06. The summed E-state index contributed by atoms with van der Waals surface area (Å²) in [6.07, 6.45) is 5.26. The number of benzene rings is 2. The second kappa shape index (κ2) is 8.21. The summed E-state index contributed by atoms with van der Waals surface area (Å²) in [5.74, 6) is -0.672. The minimum atomic E-state index is -0.279. The third kappa shape index (κ3) is 4.37. The predicted octanol–water partition coefficient (Wildman–Crippen LogP) is 4.11. The summed E-state index contributed by atoms with van der Waals surface area (Å²) in [4.78, 5) is 4.07. The van der Waals surface area contributed by atoms with Gasteiger partial charge in [0.05, 0.1) is 12.7 Å². The first-order valence-electron chi connectivity index (χ1n) is 8.73. The van der Waals surface area contributed by atoms with Crippen LogP contribution in [0.1, 0.15) is 17.0 Å². The van der Waals surface area contributed by atoms with Gasteiger partial charge >= 0.3 is 0 Å². The third-order valence-corrected chi connectivity index (χ3v) is 5.54. The molecule has 2 heterocycles. The van der Waals surface area contributed by atoms with Crippen molar-refractivity contribution in [1.82, 2.24) is 13.3 Å². The van der Waals surface area contributed by atoms with E-state index in [4.69, 9.17) is 4.74 Å². The van der Waals surface area contributed by atoms with E-state index < -0.39 is 0 Å². The quantitative estimate of drug-likeness (QED) is 0.617. The molecular formula is C20H19F2N3OS. The molecular weight excluding hydrogens is 368 g/mol. The first-order chi connectivity index (χ1) is 13.2. The standard InChI is InChI=1S/C20H19F2N3OS/c21-17-5-1-15(2-6-17)20(16-3-7-18(22)8-4-16)19-13-24(11-12-26-19)27-25-10-9-23-14-25/h1-10,14,19-20H,11-13H2. The van der Waals surface area contributed by atoms with Gasteiger partial charge in [-0.15, -0.1) is 0 Å². The minimum Gasteiger partial charge on any atom is -0.374 e. The van der Waals surface area contributed by atoms with Crippen LogP contribution in [0.3, 0.4) is 0 Å². The predicted molar refractivity (Wildman–Crippen MR) is 101 cm³/mol. The van der Waals surface area contributed by atoms with Crippen LogP contribution in [0.2, 0.25) is 0 Å². The fraction of sp³-hybridized carbons (Fsp3) is 0.250. The van der Waals surface area contributed by atoms with E-state index in [0.717, 1.165) is 17.7 Å². The summed E-state index contributed by atoms with van der Waals surface area (Å²) >= 11 is 1.58. The average Bonchev–Trinajstić information content (AvgIpc) is 3.18. The number of halogens is 2. The molecule has 1 atom stereocenters. The van der Waals surface area contributed by atoms with E-state index in [2.05, 4.69) is 9.29 Å². The zero-order valence-electron chi connectivity index (χ0n) is 14.5. The molecule has 0 aliphatic carbocycles. The van der Waals surface area contributed by atoms with Crippen LogP contribution in [-0.2, 0) is 4.74 Å². The normalized spacial score (nSPS) is 18.1. The Morgan fingerprint density at radius 1 is 1.00 bits per heavy atom. The molecule has 2 aromatic carbocycles. The molecule has 1 unspecified atom stereocenters. The Labute approximate surface area is 161 Å². The van der Waals surface area contributed by atoms with Gasteiger partial charge in [-0.2, -0.15) is 0 Å². The lowest BCUT2D eigenvalue weighted by Gasteiger charge is -2.36. The molecule has 0 radical (unpaired) electrons. The molecule has 0 spiro atoms. The van der Waals surface area contributed by atoms with Crippen molar-refractivity contribution in [1.29, 1.82) is 0 Å². The lowest BCUT2D eigenvalue weighted by Crippen LogP contribution is -2.42. The highest BCUT2D eigenvalue weighted by atomic mass is 32.2. The number of aromatic nitrogens is 2. The van der Waals surface area contributed by atoms with E-state index in [1.807, 2.05) is 10.2 Å². The van der Waals surface area contributed by atoms with Crippen LogP contribution < -0.4 is 0 Å². The summed E-state index contributed by atoms with van der Waals surface area (Å²) in [6, 6.07) is 12.9. The molecule has 1 saturated heterocycles. The number of hydrogen-bond acceptors (Lipinski definition) is 4. The van der Waals surface area contributed by atoms with Crippen molar-refractivity contribution in [3.05, 3.63) is 90.0 Å². The highest BCUT2D eigenvalue weighted by Crippen LogP contribution is 2.33. The fourth-order valence-corrected chi connectivity index (χ4v) is 4.16. The SMILES string of the molecule is Fc1ccc(C(c2ccc(F)cc2)C2CN(Sn3ccnc3)CCO2)cc1. The van der Waals surface area contributed by atoms with Gasteiger partial charge < -0.3 is 4.74 Å². The van der Waals surface area contributed by atoms with Crippen molar-refractivity contribution in [2.75, 3.05) is 19.7 Å². The van der Waals surface area contributed by atoms with Crippen LogP contribution in [0.25, 0.3) is 0 Å². The minimum absolute atomic E-state index is 0.114. The number of morpholine rings is 1. The second-order valence-corrected chi connectivity index (χ2v) is 7.48. The Hall–Kier alpha value is -2.22. The smallest absolute Gasteiger partial charge is 0.123 e. The van der Waals surface area contributed by atoms with Gasteiger partial charge in [0.25, 0.3) is 0 Å². The summed E-state index contributed by atoms with van der Waals surface area (Å²) in [5, 5.41) is 0. The molecule has 1 aromatic heterocycles. The van der Waals surface area contributed by atoms with Crippen LogP contribution in [0.15, 0.2) is 67.3 Å². The molecule has 7 heteroatoms. The molecule has 4 nitrogen and oxygen atoms in total. The van der Waals surface area contributed by atoms with Gasteiger partial charge in [0.1, 0.15) is 18.0 Å². The van der Waals surface area contributed by atoms with Gasteiger partial charge in [0.2, 0.25) is 0 Å². The maximum Gasteiger partial charge on any atom is 0.123 e. The zero-order chi connectivity index (χ0) is 18.6. The molecule has 1 aliphatic rings. The zero-order valence-corrected chi connectivity index (χ0v) is 15.4. The van der Waals surface area contributed by atoms with E-state index in [-0.39, 0.29) is 23.7 Å². The van der Waals surface area contributed by atoms with E-state index in [9.17, 15) is 8.78 Å². The number of rotatable bonds is 5. The van der Waals surface area contributed by atoms with E-state index >= 15 is 0 Å². The number of nitrogens with zero attached hydrogens (tertiary/aromatic N) is 3. The summed E-state index contributed by atoms with van der Waals surface area (Å²) in [5.41, 5.74) is 1.89. The van der Waals surface area contributed by atoms with Crippen LogP contribution in [0.4, 0.5) is 8.78 Å². The highest BCUT2D eigenvalue weighted by Gasteiger charge is 2.31. The van der Waals surface area contributed by atoms with Gasteiger partial charge in [-0.05, 0) is 35.4 Å². The Bertz CT molecular complexity index is 810. The molecule has 0 bridgehead atoms. The fourth-order valence-electron chi connectivity index (χ4n) is 3.32. The monoisotopic (exact) mass is 387 g/mol. The van der Waals surface area contributed by atoms with Crippen LogP contribution >= 0.6 is 12.1 Å². The van der Waals surface area contributed by atoms with Crippen LogP contribution in [0, 0.1) is 11.6 Å². The Kier molecular flexibility index (Phi) is 5.52. The summed E-state index contributed by atoms with van der Waals surface area (Å²) in [7, 11) is 0. The van der Waals surface area contributed by atoms with Crippen molar-refractivity contribution in [2.45, 2.75) is 12.0 Å². The van der Waals surface area contributed by atoms with Crippen molar-refractivity contribution < 1.29 is 13.5 Å². The van der Waals surface area contributed by atoms with Crippen LogP contribution in [-0.4, -0.2) is 39.1 Å². The highest BCUT2D eigenvalue weighted by molar-refractivity contribution is 7.95. The lowest BCUT2D eigenvalue weighted by molar-refractivity contribution is -0.00721. The maximum atomic E-state index is 13.4. The van der Waals surface area contributed by atoms with E-state index in [1.165, 1.54) is 24.3 Å². The van der Waals surface area contributed by atoms with Gasteiger partial charge in [0, 0.05) is 43.5 Å². The molecule has 0 N–H and O–H groups in total. The molecule has 140 valence electrons. The van der Waals surface area contributed by atoms with E-state index in [1.54, 1.807) is 48.9 Å². The van der Waals surface area contributed by atoms with Gasteiger partial charge in [-0.1, -0.05) is 24.3 Å².